The Morgan fingerprint density at radius 2 is 1.76 bits per heavy atom. The van der Waals surface area contributed by atoms with Crippen molar-refractivity contribution >= 4 is 11.8 Å². The molecule has 29 heavy (non-hydrogen) atoms. The Morgan fingerprint density at radius 1 is 1.07 bits per heavy atom. The molecule has 156 valence electrons. The smallest absolute Gasteiger partial charge is 0.253 e. The fourth-order valence-corrected chi connectivity index (χ4v) is 3.96. The lowest BCUT2D eigenvalue weighted by molar-refractivity contribution is -0.121. The van der Waals surface area contributed by atoms with Crippen LogP contribution in [0.2, 0.25) is 0 Å². The number of aliphatic hydroxyl groups excluding tert-OH is 1. The molecule has 1 aromatic heterocycles. The molecule has 1 saturated heterocycles. The third-order valence-electron chi connectivity index (χ3n) is 5.71. The summed E-state index contributed by atoms with van der Waals surface area (Å²) in [6.45, 7) is 5.82. The van der Waals surface area contributed by atoms with Crippen LogP contribution >= 0.6 is 0 Å². The van der Waals surface area contributed by atoms with Crippen LogP contribution in [-0.4, -0.2) is 52.6 Å². The molecule has 2 heterocycles. The highest BCUT2D eigenvalue weighted by Gasteiger charge is 2.19. The van der Waals surface area contributed by atoms with Crippen LogP contribution < -0.4 is 5.32 Å². The van der Waals surface area contributed by atoms with Crippen molar-refractivity contribution in [1.82, 2.24) is 14.8 Å². The van der Waals surface area contributed by atoms with E-state index in [2.05, 4.69) is 35.9 Å². The van der Waals surface area contributed by atoms with Gasteiger partial charge in [0, 0.05) is 55.3 Å². The summed E-state index contributed by atoms with van der Waals surface area (Å²) in [5.74, 6) is 0.0677. The topological polar surface area (TPSA) is 74.6 Å². The number of carbonyl (C=O) groups is 2. The Hall–Kier alpha value is -2.60. The summed E-state index contributed by atoms with van der Waals surface area (Å²) in [7, 11) is 0. The number of aromatic nitrogens is 1. The average Bonchev–Trinajstić information content (AvgIpc) is 3.04. The van der Waals surface area contributed by atoms with E-state index in [-0.39, 0.29) is 24.3 Å². The lowest BCUT2D eigenvalue weighted by Gasteiger charge is -2.23. The van der Waals surface area contributed by atoms with Crippen LogP contribution in [0.1, 0.15) is 47.4 Å². The Morgan fingerprint density at radius 3 is 2.41 bits per heavy atom. The van der Waals surface area contributed by atoms with Gasteiger partial charge in [0.05, 0.1) is 0 Å². The first kappa shape index (κ1) is 21.1. The van der Waals surface area contributed by atoms with E-state index in [1.165, 1.54) is 0 Å². The van der Waals surface area contributed by atoms with E-state index in [1.54, 1.807) is 4.90 Å². The molecule has 1 fully saturated rings. The van der Waals surface area contributed by atoms with Gasteiger partial charge in [0.15, 0.2) is 0 Å². The Labute approximate surface area is 172 Å². The average molecular weight is 398 g/mol. The fraction of sp³-hybridized carbons (Fsp3) is 0.478. The summed E-state index contributed by atoms with van der Waals surface area (Å²) in [6.07, 6.45) is 2.75. The van der Waals surface area contributed by atoms with Crippen molar-refractivity contribution in [2.75, 3.05) is 26.2 Å². The number of aliphatic hydroxyl groups is 1. The van der Waals surface area contributed by atoms with Gasteiger partial charge < -0.3 is 19.9 Å². The molecule has 1 aliphatic heterocycles. The van der Waals surface area contributed by atoms with Crippen molar-refractivity contribution in [1.29, 1.82) is 0 Å². The SMILES string of the molecule is Cc1ccc(C)n1-c1ccc(C(=O)N2CCCC(CO)CCNC(=O)CC2)cc1. The molecule has 0 spiro atoms. The number of nitrogens with one attached hydrogen (secondary N) is 1. The number of amides is 2. The molecular weight excluding hydrogens is 366 g/mol. The van der Waals surface area contributed by atoms with Crippen molar-refractivity contribution in [3.05, 3.63) is 53.3 Å². The number of carbonyl (C=O) groups excluding carboxylic acids is 2. The molecule has 3 rings (SSSR count). The molecular formula is C23H31N3O3. The van der Waals surface area contributed by atoms with Crippen molar-refractivity contribution in [3.8, 4) is 5.69 Å². The van der Waals surface area contributed by atoms with Crippen molar-refractivity contribution in [2.24, 2.45) is 5.92 Å². The number of aryl methyl sites for hydroxylation is 2. The monoisotopic (exact) mass is 397 g/mol. The summed E-state index contributed by atoms with van der Waals surface area (Å²) >= 11 is 0. The van der Waals surface area contributed by atoms with Gasteiger partial charge >= 0.3 is 0 Å². The van der Waals surface area contributed by atoms with E-state index in [9.17, 15) is 14.7 Å². The van der Waals surface area contributed by atoms with Gasteiger partial charge in [-0.2, -0.15) is 0 Å². The van der Waals surface area contributed by atoms with Crippen molar-refractivity contribution in [2.45, 2.75) is 39.5 Å². The molecule has 1 unspecified atom stereocenters. The number of benzene rings is 1. The Kier molecular flexibility index (Phi) is 7.09. The molecule has 6 heteroatoms. The van der Waals surface area contributed by atoms with E-state index < -0.39 is 0 Å². The Bertz CT molecular complexity index is 822. The minimum atomic E-state index is -0.0508. The molecule has 0 bridgehead atoms. The zero-order valence-corrected chi connectivity index (χ0v) is 17.4. The van der Waals surface area contributed by atoms with Crippen LogP contribution in [-0.2, 0) is 4.79 Å². The largest absolute Gasteiger partial charge is 0.396 e. The van der Waals surface area contributed by atoms with Gasteiger partial charge in [-0.25, -0.2) is 0 Å². The fourth-order valence-electron chi connectivity index (χ4n) is 3.96. The van der Waals surface area contributed by atoms with Crippen LogP contribution in [0, 0.1) is 19.8 Å². The molecule has 1 aromatic carbocycles. The second-order valence-electron chi connectivity index (χ2n) is 7.87. The predicted molar refractivity (Wildman–Crippen MR) is 113 cm³/mol. The molecule has 0 saturated carbocycles. The number of hydrogen-bond donors (Lipinski definition) is 2. The first-order valence-corrected chi connectivity index (χ1v) is 10.4. The van der Waals surface area contributed by atoms with E-state index in [0.29, 0.717) is 31.6 Å². The molecule has 1 atom stereocenters. The highest BCUT2D eigenvalue weighted by Crippen LogP contribution is 2.18. The zero-order chi connectivity index (χ0) is 20.8. The molecule has 2 aromatic rings. The number of hydrogen-bond acceptors (Lipinski definition) is 3. The maximum atomic E-state index is 13.1. The summed E-state index contributed by atoms with van der Waals surface area (Å²) in [4.78, 5) is 26.9. The van der Waals surface area contributed by atoms with Crippen LogP contribution in [0.3, 0.4) is 0 Å². The standard InChI is InChI=1S/C23H31N3O3/c1-17-5-6-18(2)26(17)21-9-7-20(8-10-21)23(29)25-14-3-4-19(16-27)11-13-24-22(28)12-15-25/h5-10,19,27H,3-4,11-16H2,1-2H3,(H,24,28). The van der Waals surface area contributed by atoms with Gasteiger partial charge in [-0.05, 0) is 75.4 Å². The third-order valence-corrected chi connectivity index (χ3v) is 5.71. The second-order valence-corrected chi connectivity index (χ2v) is 7.87. The lowest BCUT2D eigenvalue weighted by atomic mass is 10.00. The second kappa shape index (κ2) is 9.74. The first-order chi connectivity index (χ1) is 14.0. The zero-order valence-electron chi connectivity index (χ0n) is 17.4. The molecule has 1 aliphatic rings. The maximum absolute atomic E-state index is 13.1. The van der Waals surface area contributed by atoms with E-state index >= 15 is 0 Å². The normalized spacial score (nSPS) is 18.8. The van der Waals surface area contributed by atoms with Gasteiger partial charge in [-0.15, -0.1) is 0 Å². The Balaban J connectivity index is 1.73. The molecule has 2 amide bonds. The summed E-state index contributed by atoms with van der Waals surface area (Å²) in [5.41, 5.74) is 3.96. The highest BCUT2D eigenvalue weighted by atomic mass is 16.3. The molecule has 6 nitrogen and oxygen atoms in total. The number of nitrogens with zero attached hydrogens (tertiary/aromatic N) is 2. The van der Waals surface area contributed by atoms with Gasteiger partial charge in [0.1, 0.15) is 0 Å². The van der Waals surface area contributed by atoms with Crippen molar-refractivity contribution < 1.29 is 14.7 Å². The minimum absolute atomic E-state index is 0.0460. The molecule has 0 radical (unpaired) electrons. The van der Waals surface area contributed by atoms with Gasteiger partial charge in [0.25, 0.3) is 5.91 Å². The van der Waals surface area contributed by atoms with E-state index in [1.807, 2.05) is 24.3 Å². The van der Waals surface area contributed by atoms with Gasteiger partial charge in [-0.1, -0.05) is 0 Å². The lowest BCUT2D eigenvalue weighted by Crippen LogP contribution is -2.35. The number of rotatable bonds is 3. The quantitative estimate of drug-likeness (QED) is 0.836. The first-order valence-electron chi connectivity index (χ1n) is 10.4. The van der Waals surface area contributed by atoms with E-state index in [4.69, 9.17) is 0 Å². The van der Waals surface area contributed by atoms with Gasteiger partial charge in [-0.3, -0.25) is 9.59 Å². The van der Waals surface area contributed by atoms with Crippen molar-refractivity contribution in [3.63, 3.8) is 0 Å². The minimum Gasteiger partial charge on any atom is -0.396 e. The van der Waals surface area contributed by atoms with Crippen LogP contribution in [0.4, 0.5) is 0 Å². The van der Waals surface area contributed by atoms with Gasteiger partial charge in [0.2, 0.25) is 5.91 Å². The van der Waals surface area contributed by atoms with Crippen LogP contribution in [0.5, 0.6) is 0 Å². The maximum Gasteiger partial charge on any atom is 0.253 e. The van der Waals surface area contributed by atoms with E-state index in [0.717, 1.165) is 36.3 Å². The van der Waals surface area contributed by atoms with Crippen LogP contribution in [0.25, 0.3) is 5.69 Å². The van der Waals surface area contributed by atoms with Crippen LogP contribution in [0.15, 0.2) is 36.4 Å². The predicted octanol–water partition coefficient (Wildman–Crippen LogP) is 2.84. The third kappa shape index (κ3) is 5.26. The molecule has 0 aliphatic carbocycles. The summed E-state index contributed by atoms with van der Waals surface area (Å²) in [5, 5.41) is 12.4. The summed E-state index contributed by atoms with van der Waals surface area (Å²) < 4.78 is 2.15. The molecule has 2 N–H and O–H groups in total. The summed E-state index contributed by atoms with van der Waals surface area (Å²) in [6, 6.07) is 11.8. The highest BCUT2D eigenvalue weighted by molar-refractivity contribution is 5.94.